The summed E-state index contributed by atoms with van der Waals surface area (Å²) in [5.74, 6) is -0.0574. The molecule has 0 heterocycles. The first-order valence-corrected chi connectivity index (χ1v) is 8.34. The lowest BCUT2D eigenvalue weighted by molar-refractivity contribution is -0.134. The van der Waals surface area contributed by atoms with Gasteiger partial charge in [0.15, 0.2) is 11.5 Å². The van der Waals surface area contributed by atoms with Crippen LogP contribution in [0.2, 0.25) is 0 Å². The monoisotopic (exact) mass is 344 g/mol. The molecule has 0 fully saturated rings. The zero-order valence-corrected chi connectivity index (χ0v) is 14.9. The van der Waals surface area contributed by atoms with E-state index in [1.807, 2.05) is 19.9 Å². The van der Waals surface area contributed by atoms with Gasteiger partial charge < -0.3 is 14.8 Å². The maximum Gasteiger partial charge on any atom is 0.311 e. The second-order valence-corrected chi connectivity index (χ2v) is 5.41. The quantitative estimate of drug-likeness (QED) is 0.321. The Kier molecular flexibility index (Phi) is 8.80. The molecule has 0 spiro atoms. The van der Waals surface area contributed by atoms with Crippen molar-refractivity contribution in [3.05, 3.63) is 29.3 Å². The minimum Gasteiger partial charge on any atom is -0.493 e. The standard InChI is InChI=1S/C19H24N2O4/c1-4-6-7-18(22)25-16-9-8-14(12-17(16)24-3)11-15(13-20)19(23)21-10-5-2/h8-9,11-12H,4-7,10H2,1-3H3,(H,21,23)/b15-11+. The van der Waals surface area contributed by atoms with Gasteiger partial charge in [-0.2, -0.15) is 5.26 Å². The summed E-state index contributed by atoms with van der Waals surface area (Å²) in [7, 11) is 1.46. The first-order chi connectivity index (χ1) is 12.0. The SMILES string of the molecule is CCCCC(=O)Oc1ccc(/C=C(\C#N)C(=O)NCCC)cc1OC. The summed E-state index contributed by atoms with van der Waals surface area (Å²) >= 11 is 0. The molecular weight excluding hydrogens is 320 g/mol. The zero-order valence-electron chi connectivity index (χ0n) is 14.9. The molecule has 1 aromatic carbocycles. The van der Waals surface area contributed by atoms with Crippen LogP contribution >= 0.6 is 0 Å². The van der Waals surface area contributed by atoms with E-state index in [1.165, 1.54) is 13.2 Å². The van der Waals surface area contributed by atoms with E-state index >= 15 is 0 Å². The van der Waals surface area contributed by atoms with Gasteiger partial charge in [-0.05, 0) is 36.6 Å². The summed E-state index contributed by atoms with van der Waals surface area (Å²) in [5.41, 5.74) is 0.608. The van der Waals surface area contributed by atoms with Crippen molar-refractivity contribution in [2.75, 3.05) is 13.7 Å². The van der Waals surface area contributed by atoms with Gasteiger partial charge in [0.25, 0.3) is 5.91 Å². The van der Waals surface area contributed by atoms with E-state index in [0.29, 0.717) is 30.0 Å². The molecule has 1 N–H and O–H groups in total. The Morgan fingerprint density at radius 2 is 2.00 bits per heavy atom. The Balaban J connectivity index is 2.96. The zero-order chi connectivity index (χ0) is 18.7. The molecule has 0 atom stereocenters. The average molecular weight is 344 g/mol. The second-order valence-electron chi connectivity index (χ2n) is 5.41. The van der Waals surface area contributed by atoms with E-state index in [0.717, 1.165) is 19.3 Å². The summed E-state index contributed by atoms with van der Waals surface area (Å²) < 4.78 is 10.5. The summed E-state index contributed by atoms with van der Waals surface area (Å²) in [4.78, 5) is 23.7. The Bertz CT molecular complexity index is 674. The molecule has 0 unspecified atom stereocenters. The lowest BCUT2D eigenvalue weighted by Gasteiger charge is -2.10. The summed E-state index contributed by atoms with van der Waals surface area (Å²) in [6, 6.07) is 6.76. The van der Waals surface area contributed by atoms with Crippen LogP contribution < -0.4 is 14.8 Å². The molecule has 0 saturated carbocycles. The van der Waals surface area contributed by atoms with Crippen LogP contribution in [0.1, 0.15) is 45.1 Å². The van der Waals surface area contributed by atoms with Gasteiger partial charge >= 0.3 is 5.97 Å². The summed E-state index contributed by atoms with van der Waals surface area (Å²) in [5, 5.41) is 11.8. The molecule has 0 aliphatic heterocycles. The lowest BCUT2D eigenvalue weighted by Crippen LogP contribution is -2.25. The van der Waals surface area contributed by atoms with E-state index in [2.05, 4.69) is 5.32 Å². The fourth-order valence-corrected chi connectivity index (χ4v) is 2.00. The highest BCUT2D eigenvalue weighted by Crippen LogP contribution is 2.29. The summed E-state index contributed by atoms with van der Waals surface area (Å²) in [6.07, 6.45) is 4.28. The molecule has 0 radical (unpaired) electrons. The van der Waals surface area contributed by atoms with Crippen molar-refractivity contribution in [3.8, 4) is 17.6 Å². The maximum absolute atomic E-state index is 11.9. The third-order valence-corrected chi connectivity index (χ3v) is 3.36. The van der Waals surface area contributed by atoms with Crippen LogP contribution in [0.15, 0.2) is 23.8 Å². The number of carbonyl (C=O) groups is 2. The van der Waals surface area contributed by atoms with Gasteiger partial charge in [-0.3, -0.25) is 9.59 Å². The summed E-state index contributed by atoms with van der Waals surface area (Å²) in [6.45, 7) is 4.44. The molecule has 6 nitrogen and oxygen atoms in total. The number of benzene rings is 1. The van der Waals surface area contributed by atoms with Crippen molar-refractivity contribution in [1.29, 1.82) is 5.26 Å². The molecule has 134 valence electrons. The van der Waals surface area contributed by atoms with Gasteiger partial charge in [0.2, 0.25) is 0 Å². The highest BCUT2D eigenvalue weighted by Gasteiger charge is 2.12. The Morgan fingerprint density at radius 1 is 1.24 bits per heavy atom. The van der Waals surface area contributed by atoms with E-state index in [1.54, 1.807) is 18.2 Å². The molecule has 6 heteroatoms. The van der Waals surface area contributed by atoms with Crippen LogP contribution in [-0.4, -0.2) is 25.5 Å². The van der Waals surface area contributed by atoms with Crippen LogP contribution in [0.25, 0.3) is 6.08 Å². The van der Waals surface area contributed by atoms with Crippen molar-refractivity contribution in [3.63, 3.8) is 0 Å². The number of carbonyl (C=O) groups excluding carboxylic acids is 2. The van der Waals surface area contributed by atoms with Gasteiger partial charge in [0.05, 0.1) is 7.11 Å². The predicted molar refractivity (Wildman–Crippen MR) is 95.0 cm³/mol. The molecule has 25 heavy (non-hydrogen) atoms. The molecule has 0 aliphatic carbocycles. The van der Waals surface area contributed by atoms with E-state index in [-0.39, 0.29) is 11.5 Å². The number of nitriles is 1. The van der Waals surface area contributed by atoms with Crippen molar-refractivity contribution in [2.24, 2.45) is 0 Å². The van der Waals surface area contributed by atoms with E-state index in [4.69, 9.17) is 14.7 Å². The van der Waals surface area contributed by atoms with Gasteiger partial charge in [0, 0.05) is 13.0 Å². The molecule has 1 rings (SSSR count). The fraction of sp³-hybridized carbons (Fsp3) is 0.421. The van der Waals surface area contributed by atoms with Crippen LogP contribution in [0.5, 0.6) is 11.5 Å². The number of nitrogens with one attached hydrogen (secondary N) is 1. The van der Waals surface area contributed by atoms with E-state index in [9.17, 15) is 9.59 Å². The van der Waals surface area contributed by atoms with Crippen LogP contribution in [0.3, 0.4) is 0 Å². The molecule has 0 aromatic heterocycles. The molecule has 0 saturated heterocycles. The number of hydrogen-bond acceptors (Lipinski definition) is 5. The van der Waals surface area contributed by atoms with Crippen LogP contribution in [0, 0.1) is 11.3 Å². The third kappa shape index (κ3) is 6.68. The fourth-order valence-electron chi connectivity index (χ4n) is 2.00. The Labute approximate surface area is 148 Å². The largest absolute Gasteiger partial charge is 0.493 e. The normalized spacial score (nSPS) is 10.7. The Morgan fingerprint density at radius 3 is 2.60 bits per heavy atom. The number of esters is 1. The smallest absolute Gasteiger partial charge is 0.311 e. The maximum atomic E-state index is 11.9. The van der Waals surface area contributed by atoms with Gasteiger partial charge in [-0.1, -0.05) is 26.3 Å². The number of amides is 1. The Hall–Kier alpha value is -2.81. The second kappa shape index (κ2) is 10.9. The van der Waals surface area contributed by atoms with Crippen molar-refractivity contribution in [1.82, 2.24) is 5.32 Å². The number of hydrogen-bond donors (Lipinski definition) is 1. The highest BCUT2D eigenvalue weighted by atomic mass is 16.6. The first-order valence-electron chi connectivity index (χ1n) is 8.34. The molecule has 1 amide bonds. The third-order valence-electron chi connectivity index (χ3n) is 3.36. The average Bonchev–Trinajstić information content (AvgIpc) is 2.63. The molecule has 0 aliphatic rings. The molecule has 0 bridgehead atoms. The van der Waals surface area contributed by atoms with Crippen molar-refractivity contribution >= 4 is 18.0 Å². The van der Waals surface area contributed by atoms with Gasteiger partial charge in [-0.25, -0.2) is 0 Å². The van der Waals surface area contributed by atoms with Crippen molar-refractivity contribution in [2.45, 2.75) is 39.5 Å². The highest BCUT2D eigenvalue weighted by molar-refractivity contribution is 6.01. The van der Waals surface area contributed by atoms with E-state index < -0.39 is 5.91 Å². The van der Waals surface area contributed by atoms with Crippen LogP contribution in [0.4, 0.5) is 0 Å². The van der Waals surface area contributed by atoms with Crippen LogP contribution in [-0.2, 0) is 9.59 Å². The number of ether oxygens (including phenoxy) is 2. The number of rotatable bonds is 9. The van der Waals surface area contributed by atoms with Crippen molar-refractivity contribution < 1.29 is 19.1 Å². The first kappa shape index (κ1) is 20.2. The number of nitrogens with zero attached hydrogens (tertiary/aromatic N) is 1. The number of unbranched alkanes of at least 4 members (excludes halogenated alkanes) is 1. The topological polar surface area (TPSA) is 88.4 Å². The minimum atomic E-state index is -0.418. The molecule has 1 aromatic rings. The van der Waals surface area contributed by atoms with Gasteiger partial charge in [-0.15, -0.1) is 0 Å². The predicted octanol–water partition coefficient (Wildman–Crippen LogP) is 3.22. The van der Waals surface area contributed by atoms with Gasteiger partial charge in [0.1, 0.15) is 11.6 Å². The minimum absolute atomic E-state index is 0.00296. The molecular formula is C19H24N2O4. The number of methoxy groups -OCH3 is 1. The lowest BCUT2D eigenvalue weighted by atomic mass is 10.1.